The van der Waals surface area contributed by atoms with E-state index in [0.717, 1.165) is 43.2 Å². The lowest BCUT2D eigenvalue weighted by Crippen LogP contribution is -2.52. The van der Waals surface area contributed by atoms with Crippen LogP contribution in [0, 0.1) is 0 Å². The molecule has 0 unspecified atom stereocenters. The van der Waals surface area contributed by atoms with Crippen molar-refractivity contribution in [2.45, 2.75) is 62.9 Å². The van der Waals surface area contributed by atoms with Gasteiger partial charge in [-0.1, -0.05) is 19.9 Å². The van der Waals surface area contributed by atoms with E-state index in [1.165, 1.54) is 0 Å². The first-order valence-electron chi connectivity index (χ1n) is 7.32. The van der Waals surface area contributed by atoms with E-state index < -0.39 is 10.0 Å². The van der Waals surface area contributed by atoms with E-state index in [4.69, 9.17) is 5.73 Å². The van der Waals surface area contributed by atoms with Crippen LogP contribution in [0.2, 0.25) is 0 Å². The second kappa shape index (κ2) is 5.84. The molecule has 0 spiro atoms. The molecule has 0 radical (unpaired) electrons. The molecule has 0 bridgehead atoms. The molecule has 2 rings (SSSR count). The third-order valence-corrected chi connectivity index (χ3v) is 6.00. The van der Waals surface area contributed by atoms with Crippen molar-refractivity contribution in [3.8, 4) is 0 Å². The number of hydrogen-bond acceptors (Lipinski definition) is 3. The SMILES string of the molecule is CCc1ccc(S(=O)(=O)NC2(CC)CCC2)cc1CN. The van der Waals surface area contributed by atoms with E-state index in [0.29, 0.717) is 11.4 Å². The maximum absolute atomic E-state index is 12.5. The Bertz CT molecular complexity index is 572. The lowest BCUT2D eigenvalue weighted by molar-refractivity contribution is 0.214. The Labute approximate surface area is 121 Å². The summed E-state index contributed by atoms with van der Waals surface area (Å²) in [6.45, 7) is 4.44. The lowest BCUT2D eigenvalue weighted by atomic mass is 9.76. The van der Waals surface area contributed by atoms with Crippen LogP contribution in [0.15, 0.2) is 23.1 Å². The molecule has 0 amide bonds. The molecule has 5 heteroatoms. The van der Waals surface area contributed by atoms with Gasteiger partial charge in [-0.05, 0) is 55.4 Å². The van der Waals surface area contributed by atoms with Crippen molar-refractivity contribution in [3.63, 3.8) is 0 Å². The van der Waals surface area contributed by atoms with Gasteiger partial charge in [0.15, 0.2) is 0 Å². The molecule has 0 aromatic heterocycles. The summed E-state index contributed by atoms with van der Waals surface area (Å²) in [7, 11) is -3.45. The first-order valence-corrected chi connectivity index (χ1v) is 8.80. The Morgan fingerprint density at radius 2 is 1.95 bits per heavy atom. The molecule has 1 saturated carbocycles. The predicted molar refractivity (Wildman–Crippen MR) is 80.9 cm³/mol. The predicted octanol–water partition coefficient (Wildman–Crippen LogP) is 2.32. The van der Waals surface area contributed by atoms with Crippen LogP contribution in [0.1, 0.15) is 50.7 Å². The van der Waals surface area contributed by atoms with Gasteiger partial charge in [0.25, 0.3) is 0 Å². The molecule has 1 aliphatic carbocycles. The molecule has 1 fully saturated rings. The normalized spacial score (nSPS) is 17.8. The Morgan fingerprint density at radius 3 is 2.40 bits per heavy atom. The second-order valence-electron chi connectivity index (χ2n) is 5.58. The van der Waals surface area contributed by atoms with Gasteiger partial charge >= 0.3 is 0 Å². The highest BCUT2D eigenvalue weighted by Gasteiger charge is 2.39. The van der Waals surface area contributed by atoms with Crippen LogP contribution in [0.5, 0.6) is 0 Å². The Balaban J connectivity index is 2.30. The van der Waals surface area contributed by atoms with E-state index in [1.54, 1.807) is 12.1 Å². The molecular formula is C15H24N2O2S. The molecule has 0 atom stereocenters. The molecule has 1 aliphatic rings. The molecule has 1 aromatic carbocycles. The van der Waals surface area contributed by atoms with Gasteiger partial charge in [0, 0.05) is 12.1 Å². The number of aryl methyl sites for hydroxylation is 1. The second-order valence-corrected chi connectivity index (χ2v) is 7.26. The fourth-order valence-corrected chi connectivity index (χ4v) is 4.36. The molecular weight excluding hydrogens is 272 g/mol. The average Bonchev–Trinajstić information content (AvgIpc) is 2.42. The van der Waals surface area contributed by atoms with Crippen molar-refractivity contribution in [2.24, 2.45) is 5.73 Å². The fraction of sp³-hybridized carbons (Fsp3) is 0.600. The number of hydrogen-bond donors (Lipinski definition) is 2. The number of rotatable bonds is 6. The van der Waals surface area contributed by atoms with Crippen molar-refractivity contribution < 1.29 is 8.42 Å². The maximum Gasteiger partial charge on any atom is 0.241 e. The topological polar surface area (TPSA) is 72.2 Å². The van der Waals surface area contributed by atoms with Gasteiger partial charge < -0.3 is 5.73 Å². The minimum atomic E-state index is -3.45. The smallest absolute Gasteiger partial charge is 0.241 e. The van der Waals surface area contributed by atoms with E-state index in [1.807, 2.05) is 19.9 Å². The highest BCUT2D eigenvalue weighted by Crippen LogP contribution is 2.36. The van der Waals surface area contributed by atoms with Gasteiger partial charge in [-0.2, -0.15) is 0 Å². The van der Waals surface area contributed by atoms with Crippen molar-refractivity contribution in [1.82, 2.24) is 4.72 Å². The molecule has 4 nitrogen and oxygen atoms in total. The molecule has 112 valence electrons. The fourth-order valence-electron chi connectivity index (χ4n) is 2.78. The van der Waals surface area contributed by atoms with E-state index in [-0.39, 0.29) is 5.54 Å². The zero-order valence-corrected chi connectivity index (χ0v) is 13.1. The quantitative estimate of drug-likeness (QED) is 0.846. The summed E-state index contributed by atoms with van der Waals surface area (Å²) in [4.78, 5) is 0.329. The van der Waals surface area contributed by atoms with Crippen LogP contribution in [-0.2, 0) is 23.0 Å². The number of nitrogens with two attached hydrogens (primary N) is 1. The summed E-state index contributed by atoms with van der Waals surface area (Å²) >= 11 is 0. The maximum atomic E-state index is 12.5. The van der Waals surface area contributed by atoms with Crippen molar-refractivity contribution in [2.75, 3.05) is 0 Å². The Kier molecular flexibility index (Phi) is 4.52. The highest BCUT2D eigenvalue weighted by molar-refractivity contribution is 7.89. The van der Waals surface area contributed by atoms with Gasteiger partial charge in [0.05, 0.1) is 4.90 Å². The molecule has 3 N–H and O–H groups in total. The molecule has 20 heavy (non-hydrogen) atoms. The zero-order chi connectivity index (χ0) is 14.8. The third-order valence-electron chi connectivity index (χ3n) is 4.43. The van der Waals surface area contributed by atoms with E-state index in [2.05, 4.69) is 4.72 Å². The van der Waals surface area contributed by atoms with Crippen molar-refractivity contribution in [1.29, 1.82) is 0 Å². The minimum absolute atomic E-state index is 0.231. The third kappa shape index (κ3) is 2.90. The van der Waals surface area contributed by atoms with E-state index in [9.17, 15) is 8.42 Å². The van der Waals surface area contributed by atoms with Gasteiger partial charge in [0.2, 0.25) is 10.0 Å². The zero-order valence-electron chi connectivity index (χ0n) is 12.3. The van der Waals surface area contributed by atoms with Crippen molar-refractivity contribution in [3.05, 3.63) is 29.3 Å². The number of benzene rings is 1. The Morgan fingerprint density at radius 1 is 1.25 bits per heavy atom. The van der Waals surface area contributed by atoms with Gasteiger partial charge in [0.1, 0.15) is 0 Å². The molecule has 0 aliphatic heterocycles. The van der Waals surface area contributed by atoms with E-state index >= 15 is 0 Å². The summed E-state index contributed by atoms with van der Waals surface area (Å²) < 4.78 is 27.9. The largest absolute Gasteiger partial charge is 0.326 e. The number of sulfonamides is 1. The molecule has 1 aromatic rings. The van der Waals surface area contributed by atoms with Gasteiger partial charge in [-0.15, -0.1) is 0 Å². The van der Waals surface area contributed by atoms with Crippen LogP contribution < -0.4 is 10.5 Å². The van der Waals surface area contributed by atoms with Gasteiger partial charge in [-0.3, -0.25) is 0 Å². The Hall–Kier alpha value is -0.910. The average molecular weight is 296 g/mol. The van der Waals surface area contributed by atoms with Gasteiger partial charge in [-0.25, -0.2) is 13.1 Å². The summed E-state index contributed by atoms with van der Waals surface area (Å²) in [5.74, 6) is 0. The standard InChI is InChI=1S/C15H24N2O2S/c1-3-12-6-7-14(10-13(12)11-16)20(18,19)17-15(4-2)8-5-9-15/h6-7,10,17H,3-5,8-9,11,16H2,1-2H3. The van der Waals surface area contributed by atoms with Crippen LogP contribution in [0.25, 0.3) is 0 Å². The summed E-state index contributed by atoms with van der Waals surface area (Å²) in [6, 6.07) is 5.27. The van der Waals surface area contributed by atoms with Crippen LogP contribution in [0.4, 0.5) is 0 Å². The monoisotopic (exact) mass is 296 g/mol. The van der Waals surface area contributed by atoms with Crippen LogP contribution in [0.3, 0.4) is 0 Å². The first-order chi connectivity index (χ1) is 9.46. The first kappa shape index (κ1) is 15.5. The van der Waals surface area contributed by atoms with Crippen LogP contribution in [-0.4, -0.2) is 14.0 Å². The number of nitrogens with one attached hydrogen (secondary N) is 1. The minimum Gasteiger partial charge on any atom is -0.326 e. The summed E-state index contributed by atoms with van der Waals surface area (Å²) in [5.41, 5.74) is 7.51. The highest BCUT2D eigenvalue weighted by atomic mass is 32.2. The lowest BCUT2D eigenvalue weighted by Gasteiger charge is -2.41. The van der Waals surface area contributed by atoms with Crippen LogP contribution >= 0.6 is 0 Å². The summed E-state index contributed by atoms with van der Waals surface area (Å²) in [5, 5.41) is 0. The molecule has 0 saturated heterocycles. The molecule has 0 heterocycles. The van der Waals surface area contributed by atoms with Crippen molar-refractivity contribution >= 4 is 10.0 Å². The summed E-state index contributed by atoms with van der Waals surface area (Å²) in [6.07, 6.45) is 4.65.